The number of rotatable bonds is 2. The maximum atomic E-state index is 2.69. The van der Waals surface area contributed by atoms with Crippen molar-refractivity contribution in [1.29, 1.82) is 0 Å². The molecule has 20 heavy (non-hydrogen) atoms. The van der Waals surface area contributed by atoms with Gasteiger partial charge in [-0.3, -0.25) is 0 Å². The molecule has 3 heteroatoms. The van der Waals surface area contributed by atoms with Gasteiger partial charge in [-0.2, -0.15) is 0 Å². The average Bonchev–Trinajstić information content (AvgIpc) is 2.72. The fraction of sp³-hybridized carbons (Fsp3) is 0.412. The van der Waals surface area contributed by atoms with Crippen LogP contribution in [0.2, 0.25) is 0 Å². The van der Waals surface area contributed by atoms with Crippen molar-refractivity contribution in [2.45, 2.75) is 39.9 Å². The molecule has 0 saturated heterocycles. The fourth-order valence-electron chi connectivity index (χ4n) is 3.64. The Bertz CT molecular complexity index is 636. The van der Waals surface area contributed by atoms with Crippen LogP contribution >= 0.6 is 0 Å². The van der Waals surface area contributed by atoms with E-state index in [0.29, 0.717) is 18.1 Å². The molecule has 1 aliphatic rings. The molecule has 2 aromatic rings. The van der Waals surface area contributed by atoms with Crippen molar-refractivity contribution in [2.75, 3.05) is 5.33 Å². The van der Waals surface area contributed by atoms with Crippen molar-refractivity contribution in [3.63, 3.8) is 0 Å². The topological polar surface area (TPSA) is 6.48 Å². The Morgan fingerprint density at radius 3 is 2.35 bits per heavy atom. The Balaban J connectivity index is 2.26. The molecule has 0 amide bonds. The first kappa shape index (κ1) is 14.7. The predicted molar refractivity (Wildman–Crippen MR) is 84.1 cm³/mol. The molecule has 0 aliphatic carbocycles. The van der Waals surface area contributed by atoms with E-state index in [1.807, 2.05) is 0 Å². The van der Waals surface area contributed by atoms with Crippen LogP contribution in [0.3, 0.4) is 0 Å². The van der Waals surface area contributed by atoms with Gasteiger partial charge >= 0.3 is 153 Å². The number of benzene rings is 2. The minimum atomic E-state index is 0.286. The molecule has 0 saturated carbocycles. The second-order valence-corrected chi connectivity index (χ2v) is 10.4. The van der Waals surface area contributed by atoms with Crippen LogP contribution in [-0.2, 0) is 0 Å². The van der Waals surface area contributed by atoms with Crippen LogP contribution in [0, 0.1) is 49.1 Å². The molecule has 2 nitrogen and oxygen atoms in total. The zero-order chi connectivity index (χ0) is 14.4. The van der Waals surface area contributed by atoms with E-state index in [9.17, 15) is 0 Å². The molecule has 1 aliphatic heterocycles. The van der Waals surface area contributed by atoms with Crippen LogP contribution in [0.5, 0.6) is 0 Å². The Morgan fingerprint density at radius 1 is 1.00 bits per heavy atom. The van der Waals surface area contributed by atoms with E-state index in [-0.39, 0.29) is 43.2 Å². The monoisotopic (exact) mass is 480 g/mol. The number of fused-ring (bicyclic) bond motifs is 3. The Hall–Kier alpha value is -0.232. The third kappa shape index (κ3) is 2.19. The van der Waals surface area contributed by atoms with E-state index in [1.165, 1.54) is 22.1 Å². The summed E-state index contributed by atoms with van der Waals surface area (Å²) in [5.41, 5.74) is 2.92. The molecule has 1 atom stereocenters. The third-order valence-electron chi connectivity index (χ3n) is 4.34. The van der Waals surface area contributed by atoms with Crippen LogP contribution in [0.4, 0.5) is 11.4 Å². The van der Waals surface area contributed by atoms with Crippen molar-refractivity contribution in [2.24, 2.45) is 5.92 Å². The standard InChI is InChI=1S/C17H21N2.Ra.H/c1-11(2)17-18-16-14-8-6-5-7-13(14)9-10-15(16)19(17)12(3)4;;/h5-12,17H,1-4H3;;/q-1;+1;. The third-order valence-corrected chi connectivity index (χ3v) is 8.36. The van der Waals surface area contributed by atoms with Gasteiger partial charge in [0.2, 0.25) is 0 Å². The normalized spacial score (nSPS) is 18.4. The Kier molecular flexibility index (Phi) is 4.05. The summed E-state index contributed by atoms with van der Waals surface area (Å²) in [6, 6.07) is 13.9. The summed E-state index contributed by atoms with van der Waals surface area (Å²) in [5.74, 6) is 0.649. The quantitative estimate of drug-likeness (QED) is 0.640. The SMILES string of the molecule is CC(C)C1[N]([RaH])c2c(ccc3ccccc23)N1C(C)C. The van der Waals surface area contributed by atoms with Gasteiger partial charge in [0.05, 0.1) is 0 Å². The average molecular weight is 480 g/mol. The molecule has 0 aromatic heterocycles. The molecular formula is C17H22N2Ra. The van der Waals surface area contributed by atoms with Gasteiger partial charge in [0, 0.05) is 0 Å². The Labute approximate surface area is 151 Å². The van der Waals surface area contributed by atoms with Gasteiger partial charge in [0.15, 0.2) is 0 Å². The van der Waals surface area contributed by atoms with Gasteiger partial charge in [-0.1, -0.05) is 0 Å². The van der Waals surface area contributed by atoms with Crippen molar-refractivity contribution in [3.8, 4) is 0 Å². The van der Waals surface area contributed by atoms with Gasteiger partial charge in [-0.25, -0.2) is 0 Å². The predicted octanol–water partition coefficient (Wildman–Crippen LogP) is 4.05. The first-order valence-corrected chi connectivity index (χ1v) is 11.2. The molecule has 0 radical (unpaired) electrons. The van der Waals surface area contributed by atoms with E-state index >= 15 is 0 Å². The zero-order valence-corrected chi connectivity index (χ0v) is 21.3. The van der Waals surface area contributed by atoms with E-state index < -0.39 is 0 Å². The molecule has 102 valence electrons. The minimum absolute atomic E-state index is 0.286. The summed E-state index contributed by atoms with van der Waals surface area (Å²) in [5, 5.41) is 2.78. The van der Waals surface area contributed by atoms with Crippen molar-refractivity contribution < 1.29 is 43.2 Å². The molecule has 3 rings (SSSR count). The number of hydrogen-bond donors (Lipinski definition) is 0. The molecule has 2 aromatic carbocycles. The molecular weight excluding hydrogens is 458 g/mol. The van der Waals surface area contributed by atoms with E-state index in [1.54, 1.807) is 0 Å². The number of hydrogen-bond acceptors (Lipinski definition) is 2. The second kappa shape index (κ2) is 5.52. The van der Waals surface area contributed by atoms with Crippen molar-refractivity contribution in [3.05, 3.63) is 36.4 Å². The van der Waals surface area contributed by atoms with Gasteiger partial charge in [0.25, 0.3) is 0 Å². The van der Waals surface area contributed by atoms with Crippen LogP contribution in [0.25, 0.3) is 10.8 Å². The van der Waals surface area contributed by atoms with E-state index in [4.69, 9.17) is 0 Å². The zero-order valence-electron chi connectivity index (χ0n) is 13.1. The summed E-state index contributed by atoms with van der Waals surface area (Å²) in [4.78, 5) is 2.62. The summed E-state index contributed by atoms with van der Waals surface area (Å²) < 4.78 is 2.69. The second-order valence-electron chi connectivity index (χ2n) is 6.42. The molecule has 1 heterocycles. The molecule has 0 spiro atoms. The van der Waals surface area contributed by atoms with Crippen LogP contribution in [0.1, 0.15) is 27.7 Å². The summed E-state index contributed by atoms with van der Waals surface area (Å²) in [7, 11) is 0. The van der Waals surface area contributed by atoms with Crippen LogP contribution in [0.15, 0.2) is 36.4 Å². The summed E-state index contributed by atoms with van der Waals surface area (Å²) in [6.07, 6.45) is 0.543. The Morgan fingerprint density at radius 2 is 1.70 bits per heavy atom. The van der Waals surface area contributed by atoms with Crippen molar-refractivity contribution >= 4 is 22.1 Å². The molecule has 0 N–H and O–H groups in total. The fourth-order valence-corrected chi connectivity index (χ4v) is 9.04. The van der Waals surface area contributed by atoms with Gasteiger partial charge < -0.3 is 0 Å². The van der Waals surface area contributed by atoms with Crippen LogP contribution in [-0.4, -0.2) is 12.2 Å². The molecule has 0 bridgehead atoms. The van der Waals surface area contributed by atoms with E-state index in [2.05, 4.69) is 69.4 Å². The van der Waals surface area contributed by atoms with Gasteiger partial charge in [-0.15, -0.1) is 0 Å². The molecule has 0 fully saturated rings. The maximum absolute atomic E-state index is 2.69. The van der Waals surface area contributed by atoms with E-state index in [0.717, 1.165) is 0 Å². The number of nitrogens with zero attached hydrogens (tertiary/aromatic N) is 2. The first-order chi connectivity index (χ1) is 9.52. The summed E-state index contributed by atoms with van der Waals surface area (Å²) in [6.45, 7) is 9.32. The first-order valence-electron chi connectivity index (χ1n) is 7.55. The van der Waals surface area contributed by atoms with Crippen LogP contribution < -0.4 is 5.33 Å². The number of anilines is 2. The summed E-state index contributed by atoms with van der Waals surface area (Å²) >= 11 is 0.286. The van der Waals surface area contributed by atoms with Gasteiger partial charge in [-0.05, 0) is 0 Å². The van der Waals surface area contributed by atoms with Gasteiger partial charge in [0.1, 0.15) is 0 Å². The van der Waals surface area contributed by atoms with Crippen molar-refractivity contribution in [1.82, 2.24) is 0 Å². The molecule has 1 unspecified atom stereocenters.